The molecule has 1 atom stereocenters. The van der Waals surface area contributed by atoms with Crippen molar-refractivity contribution in [1.29, 1.82) is 0 Å². The highest BCUT2D eigenvalue weighted by molar-refractivity contribution is 8.13. The molecule has 1 aliphatic carbocycles. The number of nitrogens with zero attached hydrogens (tertiary/aromatic N) is 1. The minimum absolute atomic E-state index is 0.0568. The molecule has 0 aromatic heterocycles. The number of fused-ring (bicyclic) bond motifs is 2. The predicted octanol–water partition coefficient (Wildman–Crippen LogP) is 6.19. The molecule has 3 aromatic carbocycles. The zero-order chi connectivity index (χ0) is 20.7. The van der Waals surface area contributed by atoms with Gasteiger partial charge in [0.25, 0.3) is 0 Å². The van der Waals surface area contributed by atoms with Crippen molar-refractivity contribution >= 4 is 40.0 Å². The second kappa shape index (κ2) is 7.78. The van der Waals surface area contributed by atoms with Crippen LogP contribution in [0.1, 0.15) is 38.7 Å². The van der Waals surface area contributed by atoms with Gasteiger partial charge >= 0.3 is 0 Å². The summed E-state index contributed by atoms with van der Waals surface area (Å²) < 4.78 is 0. The number of hydrogen-bond acceptors (Lipinski definition) is 4. The number of thioether (sulfide) groups is 1. The number of aryl methyl sites for hydroxylation is 1. The van der Waals surface area contributed by atoms with Gasteiger partial charge < -0.3 is 5.32 Å². The fraction of sp³-hybridized carbons (Fsp3) is 0.120. The summed E-state index contributed by atoms with van der Waals surface area (Å²) in [6.07, 6.45) is 0. The Balaban J connectivity index is 1.52. The van der Waals surface area contributed by atoms with E-state index in [1.54, 1.807) is 11.8 Å². The largest absolute Gasteiger partial charge is 0.334 e. The summed E-state index contributed by atoms with van der Waals surface area (Å²) in [4.78, 5) is 18.2. The first-order valence-electron chi connectivity index (χ1n) is 9.77. The maximum Gasteiger partial charge on any atom is 0.194 e. The highest BCUT2D eigenvalue weighted by Crippen LogP contribution is 2.43. The van der Waals surface area contributed by atoms with Gasteiger partial charge in [-0.2, -0.15) is 0 Å². The number of halogens is 1. The quantitative estimate of drug-likeness (QED) is 0.538. The van der Waals surface area contributed by atoms with Gasteiger partial charge in [-0.05, 0) is 30.2 Å². The van der Waals surface area contributed by atoms with E-state index in [1.807, 2.05) is 42.5 Å². The van der Waals surface area contributed by atoms with Crippen molar-refractivity contribution in [3.05, 3.63) is 111 Å². The molecule has 0 amide bonds. The minimum Gasteiger partial charge on any atom is -0.334 e. The van der Waals surface area contributed by atoms with Crippen molar-refractivity contribution in [2.75, 3.05) is 0 Å². The third kappa shape index (κ3) is 3.47. The van der Waals surface area contributed by atoms with Gasteiger partial charge in [0.1, 0.15) is 6.04 Å². The minimum atomic E-state index is -0.316. The van der Waals surface area contributed by atoms with Gasteiger partial charge in [0.05, 0.1) is 11.3 Å². The van der Waals surface area contributed by atoms with Crippen molar-refractivity contribution in [1.82, 2.24) is 5.32 Å². The number of nitrogens with one attached hydrogen (secondary N) is 1. The molecule has 5 heteroatoms. The van der Waals surface area contributed by atoms with Gasteiger partial charge in [-0.3, -0.25) is 4.79 Å². The first-order valence-corrected chi connectivity index (χ1v) is 11.1. The van der Waals surface area contributed by atoms with Gasteiger partial charge in [0, 0.05) is 21.9 Å². The van der Waals surface area contributed by atoms with E-state index in [2.05, 4.69) is 42.6 Å². The molecule has 1 heterocycles. The maximum absolute atomic E-state index is 13.2. The van der Waals surface area contributed by atoms with E-state index in [0.717, 1.165) is 49.5 Å². The van der Waals surface area contributed by atoms with Crippen LogP contribution >= 0.6 is 23.4 Å². The molecule has 3 aromatic rings. The molecular weight excluding hydrogens is 412 g/mol. The van der Waals surface area contributed by atoms with Crippen LogP contribution in [0.2, 0.25) is 5.02 Å². The Morgan fingerprint density at radius 1 is 1.00 bits per heavy atom. The van der Waals surface area contributed by atoms with Crippen molar-refractivity contribution < 1.29 is 4.79 Å². The first kappa shape index (κ1) is 19.2. The maximum atomic E-state index is 13.2. The number of benzene rings is 3. The molecule has 1 N–H and O–H groups in total. The van der Waals surface area contributed by atoms with Crippen LogP contribution in [0.15, 0.2) is 83.4 Å². The highest BCUT2D eigenvalue weighted by atomic mass is 35.5. The smallest absolute Gasteiger partial charge is 0.194 e. The molecule has 0 radical (unpaired) electrons. The second-order valence-electron chi connectivity index (χ2n) is 7.45. The molecule has 0 spiro atoms. The van der Waals surface area contributed by atoms with Crippen molar-refractivity contribution in [2.45, 2.75) is 18.7 Å². The fourth-order valence-electron chi connectivity index (χ4n) is 3.86. The van der Waals surface area contributed by atoms with Gasteiger partial charge in [0.15, 0.2) is 11.0 Å². The number of amidine groups is 1. The molecule has 148 valence electrons. The van der Waals surface area contributed by atoms with Crippen molar-refractivity contribution in [3.8, 4) is 0 Å². The van der Waals surface area contributed by atoms with Gasteiger partial charge in [0.2, 0.25) is 0 Å². The van der Waals surface area contributed by atoms with Crippen LogP contribution in [0.3, 0.4) is 0 Å². The average Bonchev–Trinajstić information content (AvgIpc) is 3.05. The van der Waals surface area contributed by atoms with E-state index in [4.69, 9.17) is 16.6 Å². The molecule has 0 saturated carbocycles. The van der Waals surface area contributed by atoms with E-state index in [0.29, 0.717) is 0 Å². The van der Waals surface area contributed by atoms with Crippen LogP contribution < -0.4 is 5.32 Å². The predicted molar refractivity (Wildman–Crippen MR) is 125 cm³/mol. The Hall–Kier alpha value is -2.82. The highest BCUT2D eigenvalue weighted by Gasteiger charge is 2.38. The topological polar surface area (TPSA) is 41.5 Å². The third-order valence-electron chi connectivity index (χ3n) is 5.36. The SMILES string of the molecule is Cc1ccc(C2N=C(SCc3cccc(Cl)c3)NC3=C2C(=O)c2ccccc23)cc1. The molecule has 1 unspecified atom stereocenters. The zero-order valence-corrected chi connectivity index (χ0v) is 17.9. The van der Waals surface area contributed by atoms with Crippen molar-refractivity contribution in [2.24, 2.45) is 4.99 Å². The summed E-state index contributed by atoms with van der Waals surface area (Å²) in [5.74, 6) is 0.798. The summed E-state index contributed by atoms with van der Waals surface area (Å²) >= 11 is 7.75. The first-order chi connectivity index (χ1) is 14.6. The van der Waals surface area contributed by atoms with Crippen molar-refractivity contribution in [3.63, 3.8) is 0 Å². The number of hydrogen-bond donors (Lipinski definition) is 1. The Morgan fingerprint density at radius 3 is 2.53 bits per heavy atom. The average molecular weight is 431 g/mol. The normalized spacial score (nSPS) is 17.3. The molecule has 0 bridgehead atoms. The molecule has 5 rings (SSSR count). The lowest BCUT2D eigenvalue weighted by Crippen LogP contribution is -2.26. The zero-order valence-electron chi connectivity index (χ0n) is 16.4. The standard InChI is InChI=1S/C25H19ClN2OS/c1-15-9-11-17(12-10-15)22-21-23(19-7-2-3-8-20(19)24(21)29)28-25(27-22)30-14-16-5-4-6-18(26)13-16/h2-13,22H,14H2,1H3,(H,27,28). The third-order valence-corrected chi connectivity index (χ3v) is 6.56. The number of aliphatic imine (C=N–C) groups is 1. The number of Topliss-reactive ketones (excluding diaryl/α,β-unsaturated/α-hetero) is 1. The van der Waals surface area contributed by atoms with Crippen LogP contribution in [-0.4, -0.2) is 11.0 Å². The Labute approximate surface area is 184 Å². The number of rotatable bonds is 3. The molecule has 30 heavy (non-hydrogen) atoms. The molecular formula is C25H19ClN2OS. The summed E-state index contributed by atoms with van der Waals surface area (Å²) in [6.45, 7) is 2.06. The Kier molecular flexibility index (Phi) is 4.97. The lowest BCUT2D eigenvalue weighted by Gasteiger charge is -2.24. The molecule has 1 aliphatic heterocycles. The number of ketones is 1. The Morgan fingerprint density at radius 2 is 1.77 bits per heavy atom. The van der Waals surface area contributed by atoms with E-state index >= 15 is 0 Å². The monoisotopic (exact) mass is 430 g/mol. The Bertz CT molecular complexity index is 1210. The van der Waals surface area contributed by atoms with Gasteiger partial charge in [-0.1, -0.05) is 89.6 Å². The van der Waals surface area contributed by atoms with Gasteiger partial charge in [-0.15, -0.1) is 0 Å². The summed E-state index contributed by atoms with van der Waals surface area (Å²) in [5, 5.41) is 4.97. The van der Waals surface area contributed by atoms with E-state index in [9.17, 15) is 4.79 Å². The van der Waals surface area contributed by atoms with Crippen LogP contribution in [0.25, 0.3) is 5.70 Å². The van der Waals surface area contributed by atoms with E-state index in [-0.39, 0.29) is 11.8 Å². The summed E-state index contributed by atoms with van der Waals surface area (Å²) in [6, 6.07) is 23.6. The second-order valence-corrected chi connectivity index (χ2v) is 8.85. The van der Waals surface area contributed by atoms with Crippen LogP contribution in [0.4, 0.5) is 0 Å². The van der Waals surface area contributed by atoms with Crippen LogP contribution in [-0.2, 0) is 5.75 Å². The molecule has 2 aliphatic rings. The number of carbonyl (C=O) groups excluding carboxylic acids is 1. The van der Waals surface area contributed by atoms with E-state index in [1.165, 1.54) is 5.56 Å². The van der Waals surface area contributed by atoms with Crippen LogP contribution in [0, 0.1) is 6.92 Å². The summed E-state index contributed by atoms with van der Waals surface area (Å²) in [7, 11) is 0. The molecule has 0 fully saturated rings. The van der Waals surface area contributed by atoms with Gasteiger partial charge in [-0.25, -0.2) is 4.99 Å². The lowest BCUT2D eigenvalue weighted by atomic mass is 9.95. The molecule has 3 nitrogen and oxygen atoms in total. The fourth-order valence-corrected chi connectivity index (χ4v) is 4.91. The van der Waals surface area contributed by atoms with Crippen LogP contribution in [0.5, 0.6) is 0 Å². The summed E-state index contributed by atoms with van der Waals surface area (Å²) in [5.41, 5.74) is 6.64. The molecule has 0 saturated heterocycles. The lowest BCUT2D eigenvalue weighted by molar-refractivity contribution is 0.103. The van der Waals surface area contributed by atoms with E-state index < -0.39 is 0 Å². The number of carbonyl (C=O) groups is 1.